The summed E-state index contributed by atoms with van der Waals surface area (Å²) in [7, 11) is 0. The molecule has 0 saturated carbocycles. The number of nitro groups is 2. The minimum Gasteiger partial charge on any atom is -0.298 e. The normalized spacial score (nSPS) is 10.8. The molecule has 0 aliphatic heterocycles. The summed E-state index contributed by atoms with van der Waals surface area (Å²) in [5, 5.41) is 26.0. The molecule has 0 unspecified atom stereocenters. The number of amides is 1. The molecular weight excluding hydrogens is 392 g/mol. The second kappa shape index (κ2) is 7.85. The third-order valence-corrected chi connectivity index (χ3v) is 5.06. The van der Waals surface area contributed by atoms with E-state index in [0.717, 1.165) is 11.3 Å². The van der Waals surface area contributed by atoms with Crippen molar-refractivity contribution in [3.8, 4) is 11.3 Å². The predicted octanol–water partition coefficient (Wildman–Crippen LogP) is 4.34. The highest BCUT2D eigenvalue weighted by molar-refractivity contribution is 7.16. The molecule has 0 radical (unpaired) electrons. The molecule has 2 heterocycles. The molecule has 0 spiro atoms. The number of benzene rings is 1. The van der Waals surface area contributed by atoms with Crippen LogP contribution in [0, 0.1) is 20.2 Å². The maximum Gasteiger partial charge on any atom is 0.324 e. The Balaban J connectivity index is 1.64. The van der Waals surface area contributed by atoms with Crippen molar-refractivity contribution >= 4 is 50.5 Å². The van der Waals surface area contributed by atoms with Crippen LogP contribution >= 0.6 is 22.7 Å². The van der Waals surface area contributed by atoms with Crippen LogP contribution in [0.4, 0.5) is 15.8 Å². The number of hydrogen-bond acceptors (Lipinski definition) is 8. The molecule has 2 aromatic heterocycles. The average Bonchev–Trinajstić information content (AvgIpc) is 3.29. The van der Waals surface area contributed by atoms with Crippen LogP contribution < -0.4 is 5.32 Å². The summed E-state index contributed by atoms with van der Waals surface area (Å²) in [5.74, 6) is -0.421. The van der Waals surface area contributed by atoms with E-state index in [2.05, 4.69) is 10.3 Å². The Labute approximate surface area is 159 Å². The number of hydrogen-bond donors (Lipinski definition) is 1. The first-order chi connectivity index (χ1) is 12.9. The molecule has 3 rings (SSSR count). The van der Waals surface area contributed by atoms with E-state index in [0.29, 0.717) is 21.3 Å². The number of aromatic nitrogens is 1. The molecule has 11 heteroatoms. The first-order valence-electron chi connectivity index (χ1n) is 7.36. The fourth-order valence-electron chi connectivity index (χ4n) is 2.05. The van der Waals surface area contributed by atoms with E-state index in [1.54, 1.807) is 23.6 Å². The lowest BCUT2D eigenvalue weighted by Gasteiger charge is -1.97. The van der Waals surface area contributed by atoms with Gasteiger partial charge in [-0.15, -0.1) is 11.3 Å². The Kier molecular flexibility index (Phi) is 5.33. The van der Waals surface area contributed by atoms with Gasteiger partial charge in [0.05, 0.1) is 15.5 Å². The highest BCUT2D eigenvalue weighted by atomic mass is 32.1. The van der Waals surface area contributed by atoms with Gasteiger partial charge >= 0.3 is 5.00 Å². The topological polar surface area (TPSA) is 128 Å². The first kappa shape index (κ1) is 18.4. The molecule has 0 bridgehead atoms. The maximum atomic E-state index is 12.0. The average molecular weight is 402 g/mol. The zero-order valence-corrected chi connectivity index (χ0v) is 15.0. The van der Waals surface area contributed by atoms with Crippen molar-refractivity contribution in [3.63, 3.8) is 0 Å². The van der Waals surface area contributed by atoms with Gasteiger partial charge in [0.15, 0.2) is 5.13 Å². The zero-order valence-electron chi connectivity index (χ0n) is 13.4. The number of nitrogens with zero attached hydrogens (tertiary/aromatic N) is 3. The van der Waals surface area contributed by atoms with Crippen LogP contribution in [0.1, 0.15) is 4.88 Å². The summed E-state index contributed by atoms with van der Waals surface area (Å²) in [4.78, 5) is 37.2. The Morgan fingerprint density at radius 1 is 1.07 bits per heavy atom. The number of carbonyl (C=O) groups excluding carboxylic acids is 1. The quantitative estimate of drug-likeness (QED) is 0.371. The van der Waals surface area contributed by atoms with E-state index >= 15 is 0 Å². The molecule has 0 aliphatic carbocycles. The summed E-state index contributed by atoms with van der Waals surface area (Å²) < 4.78 is 0. The van der Waals surface area contributed by atoms with Gasteiger partial charge in [-0.1, -0.05) is 11.3 Å². The van der Waals surface area contributed by atoms with Gasteiger partial charge in [0, 0.05) is 40.1 Å². The number of anilines is 1. The number of thiophene rings is 1. The third kappa shape index (κ3) is 4.59. The molecule has 1 N–H and O–H groups in total. The van der Waals surface area contributed by atoms with Gasteiger partial charge in [-0.05, 0) is 24.3 Å². The number of carbonyl (C=O) groups is 1. The molecular formula is C16H10N4O5S2. The van der Waals surface area contributed by atoms with Crippen LogP contribution in [0.3, 0.4) is 0 Å². The molecule has 1 aromatic carbocycles. The van der Waals surface area contributed by atoms with Crippen molar-refractivity contribution in [2.24, 2.45) is 0 Å². The van der Waals surface area contributed by atoms with Crippen LogP contribution in [0.25, 0.3) is 17.3 Å². The van der Waals surface area contributed by atoms with E-state index in [1.807, 2.05) is 0 Å². The summed E-state index contributed by atoms with van der Waals surface area (Å²) in [6, 6.07) is 8.87. The van der Waals surface area contributed by atoms with E-state index in [1.165, 1.54) is 41.7 Å². The van der Waals surface area contributed by atoms with Gasteiger partial charge in [-0.25, -0.2) is 4.98 Å². The number of nitro benzene ring substituents is 1. The second-order valence-corrected chi connectivity index (χ2v) is 7.05. The van der Waals surface area contributed by atoms with Crippen LogP contribution in [-0.4, -0.2) is 20.7 Å². The fourth-order valence-corrected chi connectivity index (χ4v) is 3.50. The van der Waals surface area contributed by atoms with Crippen molar-refractivity contribution in [2.45, 2.75) is 0 Å². The molecule has 9 nitrogen and oxygen atoms in total. The van der Waals surface area contributed by atoms with Crippen molar-refractivity contribution in [2.75, 3.05) is 5.32 Å². The number of thiazole rings is 1. The van der Waals surface area contributed by atoms with Crippen molar-refractivity contribution < 1.29 is 14.6 Å². The molecule has 1 amide bonds. The molecule has 0 fully saturated rings. The Morgan fingerprint density at radius 3 is 2.44 bits per heavy atom. The monoisotopic (exact) mass is 402 g/mol. The van der Waals surface area contributed by atoms with Crippen LogP contribution in [0.2, 0.25) is 0 Å². The van der Waals surface area contributed by atoms with E-state index in [-0.39, 0.29) is 10.7 Å². The van der Waals surface area contributed by atoms with Crippen LogP contribution in [0.15, 0.2) is 47.9 Å². The van der Waals surface area contributed by atoms with Gasteiger partial charge in [0.25, 0.3) is 5.69 Å². The fraction of sp³-hybridized carbons (Fsp3) is 0. The Morgan fingerprint density at radius 2 is 1.81 bits per heavy atom. The lowest BCUT2D eigenvalue weighted by Crippen LogP contribution is -2.07. The summed E-state index contributed by atoms with van der Waals surface area (Å²) in [6.07, 6.45) is 2.75. The molecule has 3 aromatic rings. The smallest absolute Gasteiger partial charge is 0.298 e. The highest BCUT2D eigenvalue weighted by Gasteiger charge is 2.10. The zero-order chi connectivity index (χ0) is 19.4. The third-order valence-electron chi connectivity index (χ3n) is 3.30. The van der Waals surface area contributed by atoms with Crippen LogP contribution in [-0.2, 0) is 4.79 Å². The van der Waals surface area contributed by atoms with E-state index in [9.17, 15) is 25.0 Å². The number of non-ortho nitro benzene ring substituents is 1. The summed E-state index contributed by atoms with van der Waals surface area (Å²) in [6.45, 7) is 0. The largest absolute Gasteiger partial charge is 0.324 e. The minimum atomic E-state index is -0.489. The first-order valence-corrected chi connectivity index (χ1v) is 9.05. The Hall–Kier alpha value is -3.44. The molecule has 0 atom stereocenters. The molecule has 136 valence electrons. The molecule has 0 saturated heterocycles. The minimum absolute atomic E-state index is 0.00252. The molecule has 0 aliphatic rings. The molecule has 27 heavy (non-hydrogen) atoms. The van der Waals surface area contributed by atoms with Crippen molar-refractivity contribution in [1.29, 1.82) is 0 Å². The second-order valence-electron chi connectivity index (χ2n) is 5.10. The van der Waals surface area contributed by atoms with Crippen molar-refractivity contribution in [1.82, 2.24) is 4.98 Å². The summed E-state index contributed by atoms with van der Waals surface area (Å²) in [5.41, 5.74) is 1.27. The lowest BCUT2D eigenvalue weighted by atomic mass is 10.1. The standard InChI is InChI=1S/C16H10N4O5S2/c21-14(7-5-12-6-8-15(27-12)20(24)25)18-16-17-13(9-26-16)10-1-3-11(4-2-10)19(22)23/h1-9H,(H,17,18,21). The predicted molar refractivity (Wildman–Crippen MR) is 103 cm³/mol. The van der Waals surface area contributed by atoms with Gasteiger partial charge in [0.1, 0.15) is 0 Å². The van der Waals surface area contributed by atoms with Gasteiger partial charge < -0.3 is 0 Å². The van der Waals surface area contributed by atoms with E-state index < -0.39 is 15.8 Å². The highest BCUT2D eigenvalue weighted by Crippen LogP contribution is 2.27. The lowest BCUT2D eigenvalue weighted by molar-refractivity contribution is -0.384. The van der Waals surface area contributed by atoms with Gasteiger partial charge in [-0.3, -0.25) is 30.3 Å². The maximum absolute atomic E-state index is 12.0. The van der Waals surface area contributed by atoms with Gasteiger partial charge in [-0.2, -0.15) is 0 Å². The van der Waals surface area contributed by atoms with Crippen molar-refractivity contribution in [3.05, 3.63) is 73.0 Å². The Bertz CT molecular complexity index is 1040. The van der Waals surface area contributed by atoms with Crippen LogP contribution in [0.5, 0.6) is 0 Å². The van der Waals surface area contributed by atoms with E-state index in [4.69, 9.17) is 0 Å². The number of nitrogens with one attached hydrogen (secondary N) is 1. The SMILES string of the molecule is O=C(C=Cc1ccc([N+](=O)[O-])s1)Nc1nc(-c2ccc([N+](=O)[O-])cc2)cs1. The van der Waals surface area contributed by atoms with Gasteiger partial charge in [0.2, 0.25) is 5.91 Å². The summed E-state index contributed by atoms with van der Waals surface area (Å²) >= 11 is 2.18. The number of rotatable bonds is 6.